The summed E-state index contributed by atoms with van der Waals surface area (Å²) in [6, 6.07) is 9.66. The van der Waals surface area contributed by atoms with Gasteiger partial charge in [-0.15, -0.1) is 11.8 Å². The van der Waals surface area contributed by atoms with E-state index in [9.17, 15) is 0 Å². The van der Waals surface area contributed by atoms with Crippen molar-refractivity contribution in [2.75, 3.05) is 5.75 Å². The number of fused-ring (bicyclic) bond motifs is 1. The molecule has 0 bridgehead atoms. The molecule has 0 radical (unpaired) electrons. The predicted octanol–water partition coefficient (Wildman–Crippen LogP) is 3.79. The number of aromatic nitrogens is 2. The third-order valence-corrected chi connectivity index (χ3v) is 4.91. The van der Waals surface area contributed by atoms with Gasteiger partial charge < -0.3 is 9.88 Å². The van der Waals surface area contributed by atoms with Crippen LogP contribution in [0.2, 0.25) is 0 Å². The molecular weight excluding hydrogens is 266 g/mol. The Morgan fingerprint density at radius 2 is 2.25 bits per heavy atom. The minimum Gasteiger partial charge on any atom is -0.331 e. The van der Waals surface area contributed by atoms with Crippen molar-refractivity contribution in [3.63, 3.8) is 0 Å². The second-order valence-corrected chi connectivity index (χ2v) is 6.63. The predicted molar refractivity (Wildman–Crippen MR) is 84.0 cm³/mol. The molecule has 0 aliphatic carbocycles. The Balaban J connectivity index is 1.72. The summed E-state index contributed by atoms with van der Waals surface area (Å²) in [4.78, 5) is 5.69. The van der Waals surface area contributed by atoms with Crippen LogP contribution in [0.1, 0.15) is 43.6 Å². The summed E-state index contributed by atoms with van der Waals surface area (Å²) in [5, 5.41) is 3.70. The van der Waals surface area contributed by atoms with Crippen molar-refractivity contribution in [1.29, 1.82) is 0 Å². The summed E-state index contributed by atoms with van der Waals surface area (Å²) < 4.78 is 2.23. The molecule has 106 valence electrons. The zero-order valence-corrected chi connectivity index (χ0v) is 12.9. The van der Waals surface area contributed by atoms with E-state index in [-0.39, 0.29) is 0 Å². The van der Waals surface area contributed by atoms with E-state index >= 15 is 0 Å². The van der Waals surface area contributed by atoms with Gasteiger partial charge in [-0.3, -0.25) is 0 Å². The molecular formula is C16H21N3S. The zero-order valence-electron chi connectivity index (χ0n) is 12.0. The first kappa shape index (κ1) is 13.7. The van der Waals surface area contributed by atoms with E-state index in [0.717, 1.165) is 6.54 Å². The topological polar surface area (TPSA) is 29.9 Å². The van der Waals surface area contributed by atoms with Crippen LogP contribution in [0.25, 0.3) is 0 Å². The summed E-state index contributed by atoms with van der Waals surface area (Å²) in [5.41, 5.74) is 2.70. The molecule has 0 saturated carbocycles. The highest BCUT2D eigenvalue weighted by molar-refractivity contribution is 7.99. The van der Waals surface area contributed by atoms with E-state index in [1.54, 1.807) is 0 Å². The molecule has 2 heterocycles. The van der Waals surface area contributed by atoms with Gasteiger partial charge in [0, 0.05) is 29.7 Å². The first-order valence-electron chi connectivity index (χ1n) is 7.21. The average Bonchev–Trinajstić information content (AvgIpc) is 2.93. The van der Waals surface area contributed by atoms with Gasteiger partial charge in [0.1, 0.15) is 0 Å². The fourth-order valence-electron chi connectivity index (χ4n) is 2.72. The number of imidazole rings is 1. The van der Waals surface area contributed by atoms with E-state index in [2.05, 4.69) is 53.0 Å². The second-order valence-electron chi connectivity index (χ2n) is 5.49. The summed E-state index contributed by atoms with van der Waals surface area (Å²) in [7, 11) is 0. The molecule has 0 fully saturated rings. The monoisotopic (exact) mass is 287 g/mol. The van der Waals surface area contributed by atoms with Crippen molar-refractivity contribution in [3.8, 4) is 0 Å². The second kappa shape index (κ2) is 6.02. The Morgan fingerprint density at radius 3 is 3.10 bits per heavy atom. The normalized spacial score (nSPS) is 18.2. The zero-order chi connectivity index (χ0) is 13.9. The van der Waals surface area contributed by atoms with E-state index in [0.29, 0.717) is 12.1 Å². The highest BCUT2D eigenvalue weighted by atomic mass is 32.2. The molecule has 3 rings (SSSR count). The first-order valence-corrected chi connectivity index (χ1v) is 8.20. The van der Waals surface area contributed by atoms with Crippen LogP contribution in [0.4, 0.5) is 0 Å². The molecule has 1 aromatic carbocycles. The van der Waals surface area contributed by atoms with Crippen LogP contribution in [0, 0.1) is 0 Å². The lowest BCUT2D eigenvalue weighted by Gasteiger charge is -2.26. The Hall–Kier alpha value is -1.26. The minimum absolute atomic E-state index is 0.461. The molecule has 1 atom stereocenters. The van der Waals surface area contributed by atoms with Crippen LogP contribution < -0.4 is 5.32 Å². The maximum atomic E-state index is 4.27. The number of nitrogens with zero attached hydrogens (tertiary/aromatic N) is 2. The van der Waals surface area contributed by atoms with Crippen molar-refractivity contribution in [3.05, 3.63) is 48.0 Å². The summed E-state index contributed by atoms with van der Waals surface area (Å²) in [6.07, 6.45) is 5.08. The Kier molecular flexibility index (Phi) is 4.13. The van der Waals surface area contributed by atoms with E-state index in [1.165, 1.54) is 28.3 Å². The Bertz CT molecular complexity index is 577. The fourth-order valence-corrected chi connectivity index (χ4v) is 3.84. The van der Waals surface area contributed by atoms with Crippen LogP contribution in [0.3, 0.4) is 0 Å². The quantitative estimate of drug-likeness (QED) is 0.928. The maximum absolute atomic E-state index is 4.27. The molecule has 0 spiro atoms. The van der Waals surface area contributed by atoms with Crippen molar-refractivity contribution in [2.24, 2.45) is 0 Å². The number of hydrogen-bond donors (Lipinski definition) is 1. The lowest BCUT2D eigenvalue weighted by Crippen LogP contribution is -2.25. The van der Waals surface area contributed by atoms with Gasteiger partial charge in [-0.05, 0) is 37.7 Å². The van der Waals surface area contributed by atoms with Gasteiger partial charge in [0.15, 0.2) is 0 Å². The average molecular weight is 287 g/mol. The summed E-state index contributed by atoms with van der Waals surface area (Å²) >= 11 is 1.97. The molecule has 1 aromatic heterocycles. The fraction of sp³-hybridized carbons (Fsp3) is 0.438. The van der Waals surface area contributed by atoms with Crippen LogP contribution in [-0.4, -0.2) is 15.3 Å². The summed E-state index contributed by atoms with van der Waals surface area (Å²) in [6.45, 7) is 5.26. The lowest BCUT2D eigenvalue weighted by molar-refractivity contribution is 0.482. The molecule has 4 heteroatoms. The number of rotatable bonds is 4. The standard InChI is InChI=1S/C16H21N3S/c1-12(2)19-11-17-9-13(19)10-18-15-7-8-20-16-6-4-3-5-14(15)16/h3-6,9,11-12,15,18H,7-8,10H2,1-2H3. The van der Waals surface area contributed by atoms with Crippen LogP contribution in [-0.2, 0) is 6.54 Å². The van der Waals surface area contributed by atoms with Crippen molar-refractivity contribution in [1.82, 2.24) is 14.9 Å². The molecule has 3 nitrogen and oxygen atoms in total. The lowest BCUT2D eigenvalue weighted by atomic mass is 10.0. The maximum Gasteiger partial charge on any atom is 0.0951 e. The van der Waals surface area contributed by atoms with Gasteiger partial charge in [-0.1, -0.05) is 18.2 Å². The van der Waals surface area contributed by atoms with Crippen LogP contribution >= 0.6 is 11.8 Å². The van der Waals surface area contributed by atoms with Crippen LogP contribution in [0.15, 0.2) is 41.7 Å². The van der Waals surface area contributed by atoms with Crippen molar-refractivity contribution in [2.45, 2.75) is 43.8 Å². The van der Waals surface area contributed by atoms with Gasteiger partial charge in [-0.25, -0.2) is 4.98 Å². The number of thioether (sulfide) groups is 1. The molecule has 1 unspecified atom stereocenters. The number of benzene rings is 1. The SMILES string of the molecule is CC(C)n1cncc1CNC1CCSc2ccccc21. The highest BCUT2D eigenvalue weighted by Gasteiger charge is 2.20. The largest absolute Gasteiger partial charge is 0.331 e. The van der Waals surface area contributed by atoms with Gasteiger partial charge in [0.05, 0.1) is 12.0 Å². The molecule has 0 amide bonds. The van der Waals surface area contributed by atoms with Gasteiger partial charge in [0.25, 0.3) is 0 Å². The number of hydrogen-bond acceptors (Lipinski definition) is 3. The summed E-state index contributed by atoms with van der Waals surface area (Å²) in [5.74, 6) is 1.19. The first-order chi connectivity index (χ1) is 9.75. The number of nitrogens with one attached hydrogen (secondary N) is 1. The van der Waals surface area contributed by atoms with E-state index in [4.69, 9.17) is 0 Å². The van der Waals surface area contributed by atoms with Crippen LogP contribution in [0.5, 0.6) is 0 Å². The van der Waals surface area contributed by atoms with Gasteiger partial charge >= 0.3 is 0 Å². The molecule has 1 aliphatic heterocycles. The molecule has 1 aliphatic rings. The molecule has 1 N–H and O–H groups in total. The van der Waals surface area contributed by atoms with E-state index < -0.39 is 0 Å². The van der Waals surface area contributed by atoms with Gasteiger partial charge in [0.2, 0.25) is 0 Å². The van der Waals surface area contributed by atoms with Crippen molar-refractivity contribution < 1.29 is 0 Å². The Labute approximate surface area is 124 Å². The smallest absolute Gasteiger partial charge is 0.0951 e. The van der Waals surface area contributed by atoms with Gasteiger partial charge in [-0.2, -0.15) is 0 Å². The minimum atomic E-state index is 0.461. The van der Waals surface area contributed by atoms with E-state index in [1.807, 2.05) is 24.3 Å². The highest BCUT2D eigenvalue weighted by Crippen LogP contribution is 2.35. The molecule has 20 heavy (non-hydrogen) atoms. The third kappa shape index (κ3) is 2.76. The molecule has 2 aromatic rings. The third-order valence-electron chi connectivity index (χ3n) is 3.79. The Morgan fingerprint density at radius 1 is 1.40 bits per heavy atom. The molecule has 0 saturated heterocycles. The van der Waals surface area contributed by atoms with Crippen molar-refractivity contribution >= 4 is 11.8 Å².